The molecule has 0 saturated carbocycles. The molecule has 2 heterocycles. The molecule has 0 spiro atoms. The molecule has 7 heteroatoms. The monoisotopic (exact) mass is 442 g/mol. The summed E-state index contributed by atoms with van der Waals surface area (Å²) in [6.45, 7) is 3.23. The minimum atomic E-state index is -0.239. The normalized spacial score (nSPS) is 14.3. The third kappa shape index (κ3) is 5.05. The average molecular weight is 443 g/mol. The number of rotatable bonds is 5. The summed E-state index contributed by atoms with van der Waals surface area (Å²) >= 11 is 12.1. The second-order valence-electron chi connectivity index (χ2n) is 6.80. The van der Waals surface area contributed by atoms with Crippen LogP contribution in [0, 0.1) is 0 Å². The van der Waals surface area contributed by atoms with E-state index in [1.54, 1.807) is 36.4 Å². The van der Waals surface area contributed by atoms with Crippen LogP contribution >= 0.6 is 23.2 Å². The van der Waals surface area contributed by atoms with Gasteiger partial charge in [0.2, 0.25) is 5.91 Å². The molecule has 30 heavy (non-hydrogen) atoms. The molecule has 1 aromatic heterocycles. The van der Waals surface area contributed by atoms with Crippen molar-refractivity contribution in [1.82, 2.24) is 0 Å². The van der Waals surface area contributed by atoms with Crippen LogP contribution in [-0.2, 0) is 9.53 Å². The fourth-order valence-corrected chi connectivity index (χ4v) is 3.70. The van der Waals surface area contributed by atoms with Crippen LogP contribution in [0.1, 0.15) is 5.76 Å². The molecule has 5 nitrogen and oxygen atoms in total. The molecule has 0 aliphatic carbocycles. The van der Waals surface area contributed by atoms with Gasteiger partial charge in [-0.25, -0.2) is 0 Å². The molecule has 1 amide bonds. The number of anilines is 2. The highest BCUT2D eigenvalue weighted by atomic mass is 35.5. The zero-order valence-corrected chi connectivity index (χ0v) is 17.6. The highest BCUT2D eigenvalue weighted by Gasteiger charge is 2.11. The highest BCUT2D eigenvalue weighted by molar-refractivity contribution is 6.36. The number of furan rings is 1. The zero-order chi connectivity index (χ0) is 20.9. The van der Waals surface area contributed by atoms with Crippen molar-refractivity contribution in [2.45, 2.75) is 0 Å². The van der Waals surface area contributed by atoms with Crippen LogP contribution in [0.3, 0.4) is 0 Å². The van der Waals surface area contributed by atoms with Gasteiger partial charge in [0.15, 0.2) is 0 Å². The Labute approximate surface area is 184 Å². The first-order valence-electron chi connectivity index (χ1n) is 9.55. The predicted octanol–water partition coefficient (Wildman–Crippen LogP) is 5.74. The lowest BCUT2D eigenvalue weighted by Crippen LogP contribution is -2.36. The number of nitrogens with one attached hydrogen (secondary N) is 1. The number of hydrogen-bond donors (Lipinski definition) is 1. The maximum Gasteiger partial charge on any atom is 0.248 e. The second-order valence-corrected chi connectivity index (χ2v) is 7.64. The van der Waals surface area contributed by atoms with Crippen LogP contribution in [-0.4, -0.2) is 32.2 Å². The molecule has 3 aromatic rings. The average Bonchev–Trinajstić information content (AvgIpc) is 3.22. The Balaban J connectivity index is 1.36. The molecule has 1 N–H and O–H groups in total. The van der Waals surface area contributed by atoms with Crippen LogP contribution in [0.25, 0.3) is 17.4 Å². The molecule has 0 radical (unpaired) electrons. The van der Waals surface area contributed by atoms with E-state index in [1.165, 1.54) is 6.08 Å². The number of hydrogen-bond acceptors (Lipinski definition) is 4. The van der Waals surface area contributed by atoms with Crippen LogP contribution in [0.15, 0.2) is 65.1 Å². The van der Waals surface area contributed by atoms with Gasteiger partial charge in [0, 0.05) is 41.1 Å². The molecule has 4 rings (SSSR count). The van der Waals surface area contributed by atoms with E-state index >= 15 is 0 Å². The minimum absolute atomic E-state index is 0.239. The molecule has 0 bridgehead atoms. The Hall–Kier alpha value is -2.73. The van der Waals surface area contributed by atoms with Crippen molar-refractivity contribution in [2.24, 2.45) is 0 Å². The van der Waals surface area contributed by atoms with Crippen molar-refractivity contribution >= 4 is 46.6 Å². The number of nitrogens with zero attached hydrogens (tertiary/aromatic N) is 1. The van der Waals surface area contributed by atoms with Gasteiger partial charge < -0.3 is 19.4 Å². The molecule has 154 valence electrons. The molecule has 1 aliphatic rings. The number of ether oxygens (including phenoxy) is 1. The van der Waals surface area contributed by atoms with Gasteiger partial charge in [-0.2, -0.15) is 0 Å². The van der Waals surface area contributed by atoms with Crippen molar-refractivity contribution in [3.63, 3.8) is 0 Å². The van der Waals surface area contributed by atoms with Gasteiger partial charge in [-0.15, -0.1) is 0 Å². The second kappa shape index (κ2) is 9.39. The van der Waals surface area contributed by atoms with Crippen molar-refractivity contribution in [1.29, 1.82) is 0 Å². The van der Waals surface area contributed by atoms with E-state index in [2.05, 4.69) is 10.2 Å². The fourth-order valence-electron chi connectivity index (χ4n) is 3.20. The van der Waals surface area contributed by atoms with Gasteiger partial charge in [0.25, 0.3) is 0 Å². The molecule has 0 atom stereocenters. The van der Waals surface area contributed by atoms with Gasteiger partial charge in [-0.05, 0) is 60.7 Å². The summed E-state index contributed by atoms with van der Waals surface area (Å²) in [5.74, 6) is 0.917. The number of amides is 1. The number of halogens is 2. The van der Waals surface area contributed by atoms with E-state index < -0.39 is 0 Å². The largest absolute Gasteiger partial charge is 0.457 e. The lowest BCUT2D eigenvalue weighted by molar-refractivity contribution is -0.111. The van der Waals surface area contributed by atoms with Gasteiger partial charge in [-0.1, -0.05) is 23.2 Å². The smallest absolute Gasteiger partial charge is 0.248 e. The Morgan fingerprint density at radius 3 is 2.50 bits per heavy atom. The lowest BCUT2D eigenvalue weighted by atomic mass is 10.2. The molecular weight excluding hydrogens is 423 g/mol. The number of carbonyl (C=O) groups is 1. The molecule has 2 aromatic carbocycles. The van der Waals surface area contributed by atoms with Crippen LogP contribution in [0.4, 0.5) is 11.4 Å². The van der Waals surface area contributed by atoms with E-state index in [4.69, 9.17) is 32.4 Å². The van der Waals surface area contributed by atoms with Crippen molar-refractivity contribution < 1.29 is 13.9 Å². The lowest BCUT2D eigenvalue weighted by Gasteiger charge is -2.28. The fraction of sp³-hybridized carbons (Fsp3) is 0.174. The summed E-state index contributed by atoms with van der Waals surface area (Å²) in [7, 11) is 0. The summed E-state index contributed by atoms with van der Waals surface area (Å²) in [4.78, 5) is 14.5. The van der Waals surface area contributed by atoms with E-state index in [1.807, 2.05) is 24.3 Å². The van der Waals surface area contributed by atoms with Gasteiger partial charge in [0.1, 0.15) is 11.5 Å². The van der Waals surface area contributed by atoms with Crippen LogP contribution in [0.5, 0.6) is 0 Å². The van der Waals surface area contributed by atoms with E-state index in [-0.39, 0.29) is 5.91 Å². The molecule has 1 saturated heterocycles. The number of carbonyl (C=O) groups excluding carboxylic acids is 1. The number of morpholine rings is 1. The Bertz CT molecular complexity index is 1050. The first kappa shape index (κ1) is 20.5. The topological polar surface area (TPSA) is 54.7 Å². The predicted molar refractivity (Wildman–Crippen MR) is 121 cm³/mol. The van der Waals surface area contributed by atoms with Gasteiger partial charge in [-0.3, -0.25) is 4.79 Å². The van der Waals surface area contributed by atoms with Crippen molar-refractivity contribution in [3.8, 4) is 11.3 Å². The first-order valence-corrected chi connectivity index (χ1v) is 10.3. The summed E-state index contributed by atoms with van der Waals surface area (Å²) in [6.07, 6.45) is 3.05. The third-order valence-corrected chi connectivity index (χ3v) is 5.28. The maximum absolute atomic E-state index is 12.2. The van der Waals surface area contributed by atoms with E-state index in [0.29, 0.717) is 21.6 Å². The van der Waals surface area contributed by atoms with Crippen molar-refractivity contribution in [2.75, 3.05) is 36.5 Å². The summed E-state index contributed by atoms with van der Waals surface area (Å²) in [5.41, 5.74) is 2.59. The Morgan fingerprint density at radius 2 is 1.77 bits per heavy atom. The third-order valence-electron chi connectivity index (χ3n) is 4.73. The van der Waals surface area contributed by atoms with Gasteiger partial charge in [0.05, 0.1) is 18.2 Å². The Kier molecular flexibility index (Phi) is 6.43. The summed E-state index contributed by atoms with van der Waals surface area (Å²) < 4.78 is 11.1. The molecule has 1 aliphatic heterocycles. The maximum atomic E-state index is 12.2. The highest BCUT2D eigenvalue weighted by Crippen LogP contribution is 2.31. The molecule has 1 fully saturated rings. The zero-order valence-electron chi connectivity index (χ0n) is 16.1. The standard InChI is InChI=1S/C23H20Cl2N2O3/c24-16-1-8-20(21(25)15-16)22-9-6-19(30-22)7-10-23(28)26-17-2-4-18(5-3-17)27-11-13-29-14-12-27/h1-10,15H,11-14H2,(H,26,28)/b10-7+. The molecular formula is C23H20Cl2N2O3. The summed E-state index contributed by atoms with van der Waals surface area (Å²) in [6, 6.07) is 16.6. The minimum Gasteiger partial charge on any atom is -0.457 e. The van der Waals surface area contributed by atoms with Gasteiger partial charge >= 0.3 is 0 Å². The van der Waals surface area contributed by atoms with Crippen LogP contribution in [0.2, 0.25) is 10.0 Å². The number of benzene rings is 2. The summed E-state index contributed by atoms with van der Waals surface area (Å²) in [5, 5.41) is 3.92. The Morgan fingerprint density at radius 1 is 1.00 bits per heavy atom. The van der Waals surface area contributed by atoms with E-state index in [9.17, 15) is 4.79 Å². The SMILES string of the molecule is O=C(/C=C/c1ccc(-c2ccc(Cl)cc2Cl)o1)Nc1ccc(N2CCOCC2)cc1. The molecule has 0 unspecified atom stereocenters. The van der Waals surface area contributed by atoms with Crippen LogP contribution < -0.4 is 10.2 Å². The quantitative estimate of drug-likeness (QED) is 0.511. The van der Waals surface area contributed by atoms with Crippen molar-refractivity contribution in [3.05, 3.63) is 76.5 Å². The van der Waals surface area contributed by atoms with E-state index in [0.717, 1.165) is 43.2 Å². The first-order chi connectivity index (χ1) is 14.6.